The molecule has 0 fully saturated rings. The number of halogens is 2. The lowest BCUT2D eigenvalue weighted by Gasteiger charge is -2.06. The molecule has 26 heavy (non-hydrogen) atoms. The third-order valence-electron chi connectivity index (χ3n) is 3.54. The highest BCUT2D eigenvalue weighted by Gasteiger charge is 2.18. The summed E-state index contributed by atoms with van der Waals surface area (Å²) >= 11 is 1.47. The molecule has 10 heteroatoms. The van der Waals surface area contributed by atoms with E-state index in [9.17, 15) is 13.6 Å². The first-order chi connectivity index (χ1) is 12.6. The molecule has 0 aliphatic carbocycles. The summed E-state index contributed by atoms with van der Waals surface area (Å²) in [4.78, 5) is 13.2. The molecule has 3 aromatic heterocycles. The van der Waals surface area contributed by atoms with Gasteiger partial charge in [-0.1, -0.05) is 6.07 Å². The molecule has 1 aromatic carbocycles. The Morgan fingerprint density at radius 1 is 1.27 bits per heavy atom. The molecule has 0 atom stereocenters. The summed E-state index contributed by atoms with van der Waals surface area (Å²) < 4.78 is 35.8. The van der Waals surface area contributed by atoms with Crippen LogP contribution in [-0.2, 0) is 11.3 Å². The van der Waals surface area contributed by atoms with Crippen LogP contribution in [0, 0.1) is 0 Å². The van der Waals surface area contributed by atoms with Crippen LogP contribution in [0.2, 0.25) is 0 Å². The lowest BCUT2D eigenvalue weighted by Crippen LogP contribution is -2.06. The van der Waals surface area contributed by atoms with Gasteiger partial charge in [0.25, 0.3) is 0 Å². The molecule has 4 aromatic rings. The van der Waals surface area contributed by atoms with Crippen molar-refractivity contribution in [3.63, 3.8) is 0 Å². The summed E-state index contributed by atoms with van der Waals surface area (Å²) in [5.74, 6) is -0.638. The number of nitrogens with zero attached hydrogens (tertiary/aromatic N) is 4. The summed E-state index contributed by atoms with van der Waals surface area (Å²) in [7, 11) is 0. The number of carbonyl (C=O) groups excluding carboxylic acids is 1. The van der Waals surface area contributed by atoms with Crippen LogP contribution in [0.5, 0.6) is 5.75 Å². The molecule has 0 spiro atoms. The summed E-state index contributed by atoms with van der Waals surface area (Å²) in [5, 5.41) is 14.0. The molecule has 7 nitrogen and oxygen atoms in total. The highest BCUT2D eigenvalue weighted by Crippen LogP contribution is 2.22. The SMILES string of the molecule is O=C(OCc1cccs1)c1cnn2c1nnc1ccc(OC(F)F)cc12. The molecule has 0 N–H and O–H groups in total. The molecule has 0 unspecified atom stereocenters. The largest absolute Gasteiger partial charge is 0.456 e. The van der Waals surface area contributed by atoms with E-state index >= 15 is 0 Å². The number of fused-ring (bicyclic) bond motifs is 3. The van der Waals surface area contributed by atoms with Crippen molar-refractivity contribution in [3.05, 3.63) is 52.3 Å². The number of aromatic nitrogens is 4. The minimum atomic E-state index is -2.95. The fraction of sp³-hybridized carbons (Fsp3) is 0.125. The Morgan fingerprint density at radius 3 is 2.92 bits per heavy atom. The van der Waals surface area contributed by atoms with Crippen molar-refractivity contribution < 1.29 is 23.0 Å². The number of thiophene rings is 1. The number of hydrogen-bond donors (Lipinski definition) is 0. The van der Waals surface area contributed by atoms with Gasteiger partial charge in [-0.3, -0.25) is 0 Å². The van der Waals surface area contributed by atoms with Crippen LogP contribution >= 0.6 is 11.3 Å². The Morgan fingerprint density at radius 2 is 2.15 bits per heavy atom. The third kappa shape index (κ3) is 3.06. The molecule has 132 valence electrons. The number of ether oxygens (including phenoxy) is 2. The topological polar surface area (TPSA) is 78.6 Å². The summed E-state index contributed by atoms with van der Waals surface area (Å²) in [6.45, 7) is -2.81. The monoisotopic (exact) mass is 376 g/mol. The van der Waals surface area contributed by atoms with E-state index in [-0.39, 0.29) is 23.6 Å². The van der Waals surface area contributed by atoms with Crippen LogP contribution in [0.3, 0.4) is 0 Å². The zero-order valence-corrected chi connectivity index (χ0v) is 13.8. The Balaban J connectivity index is 1.68. The van der Waals surface area contributed by atoms with Gasteiger partial charge in [0, 0.05) is 10.9 Å². The first kappa shape index (κ1) is 16.3. The maximum atomic E-state index is 12.4. The fourth-order valence-corrected chi connectivity index (χ4v) is 3.02. The minimum Gasteiger partial charge on any atom is -0.456 e. The lowest BCUT2D eigenvalue weighted by molar-refractivity contribution is -0.0497. The van der Waals surface area contributed by atoms with Gasteiger partial charge in [-0.2, -0.15) is 13.9 Å². The molecule has 0 bridgehead atoms. The third-order valence-corrected chi connectivity index (χ3v) is 4.39. The molecule has 0 aliphatic rings. The van der Waals surface area contributed by atoms with Gasteiger partial charge in [0.05, 0.1) is 11.7 Å². The van der Waals surface area contributed by atoms with Crippen molar-refractivity contribution in [2.45, 2.75) is 13.2 Å². The molecule has 3 heterocycles. The Labute approximate surface area is 148 Å². The van der Waals surface area contributed by atoms with Crippen molar-refractivity contribution in [2.24, 2.45) is 0 Å². The Kier molecular flexibility index (Phi) is 4.17. The second kappa shape index (κ2) is 6.64. The molecule has 0 aliphatic heterocycles. The Hall–Kier alpha value is -3.14. The van der Waals surface area contributed by atoms with E-state index in [1.807, 2.05) is 17.5 Å². The van der Waals surface area contributed by atoms with Gasteiger partial charge >= 0.3 is 12.6 Å². The molecule has 0 saturated heterocycles. The lowest BCUT2D eigenvalue weighted by atomic mass is 10.3. The van der Waals surface area contributed by atoms with E-state index in [2.05, 4.69) is 20.0 Å². The van der Waals surface area contributed by atoms with Gasteiger partial charge in [0.15, 0.2) is 5.65 Å². The number of alkyl halides is 2. The normalized spacial score (nSPS) is 11.3. The van der Waals surface area contributed by atoms with Crippen molar-refractivity contribution in [2.75, 3.05) is 0 Å². The standard InChI is InChI=1S/C16H10F2N4O3S/c17-16(18)25-9-3-4-12-13(6-9)22-14(21-20-12)11(7-19-22)15(23)24-8-10-2-1-5-26-10/h1-7,16H,8H2. The maximum absolute atomic E-state index is 12.4. The van der Waals surface area contributed by atoms with Crippen LogP contribution in [0.15, 0.2) is 41.9 Å². The molecule has 0 radical (unpaired) electrons. The zero-order valence-electron chi connectivity index (χ0n) is 13.0. The van der Waals surface area contributed by atoms with Crippen LogP contribution in [0.1, 0.15) is 15.2 Å². The van der Waals surface area contributed by atoms with Gasteiger partial charge in [0.1, 0.15) is 23.4 Å². The van der Waals surface area contributed by atoms with Crippen molar-refractivity contribution in [1.29, 1.82) is 0 Å². The highest BCUT2D eigenvalue weighted by molar-refractivity contribution is 7.09. The van der Waals surface area contributed by atoms with E-state index in [0.717, 1.165) is 4.88 Å². The van der Waals surface area contributed by atoms with E-state index in [4.69, 9.17) is 4.74 Å². The smallest absolute Gasteiger partial charge is 0.387 e. The first-order valence-electron chi connectivity index (χ1n) is 7.40. The van der Waals surface area contributed by atoms with E-state index in [0.29, 0.717) is 11.0 Å². The van der Waals surface area contributed by atoms with Crippen molar-refractivity contribution in [3.8, 4) is 5.75 Å². The molecular weight excluding hydrogens is 366 g/mol. The molecule has 0 saturated carbocycles. The van der Waals surface area contributed by atoms with Gasteiger partial charge in [-0.05, 0) is 23.6 Å². The van der Waals surface area contributed by atoms with E-state index < -0.39 is 12.6 Å². The minimum absolute atomic E-state index is 0.0425. The highest BCUT2D eigenvalue weighted by atomic mass is 32.1. The van der Waals surface area contributed by atoms with Crippen LogP contribution < -0.4 is 4.74 Å². The predicted molar refractivity (Wildman–Crippen MR) is 88.4 cm³/mol. The average Bonchev–Trinajstić information content (AvgIpc) is 3.28. The van der Waals surface area contributed by atoms with Crippen molar-refractivity contribution in [1.82, 2.24) is 19.8 Å². The number of rotatable bonds is 5. The van der Waals surface area contributed by atoms with Crippen LogP contribution in [0.25, 0.3) is 16.7 Å². The van der Waals surface area contributed by atoms with Crippen molar-refractivity contribution >= 4 is 34.0 Å². The molecular formula is C16H10F2N4O3S. The predicted octanol–water partition coefficient (Wildman–Crippen LogP) is 3.30. The second-order valence-electron chi connectivity index (χ2n) is 5.18. The van der Waals surface area contributed by atoms with Gasteiger partial charge in [0.2, 0.25) is 0 Å². The zero-order chi connectivity index (χ0) is 18.1. The molecule has 4 rings (SSSR count). The van der Waals surface area contributed by atoms with Crippen LogP contribution in [-0.4, -0.2) is 32.4 Å². The quantitative estimate of drug-likeness (QED) is 0.497. The van der Waals surface area contributed by atoms with Gasteiger partial charge < -0.3 is 9.47 Å². The number of esters is 1. The van der Waals surface area contributed by atoms with E-state index in [1.165, 1.54) is 40.2 Å². The first-order valence-corrected chi connectivity index (χ1v) is 8.28. The fourth-order valence-electron chi connectivity index (χ4n) is 2.40. The molecule has 0 amide bonds. The van der Waals surface area contributed by atoms with Crippen LogP contribution in [0.4, 0.5) is 8.78 Å². The number of hydrogen-bond acceptors (Lipinski definition) is 7. The van der Waals surface area contributed by atoms with Gasteiger partial charge in [-0.15, -0.1) is 21.5 Å². The average molecular weight is 376 g/mol. The summed E-state index contributed by atoms with van der Waals surface area (Å²) in [6.07, 6.45) is 1.31. The summed E-state index contributed by atoms with van der Waals surface area (Å²) in [6, 6.07) is 7.91. The van der Waals surface area contributed by atoms with E-state index in [1.54, 1.807) is 0 Å². The second-order valence-corrected chi connectivity index (χ2v) is 6.21. The number of benzene rings is 1. The number of carbonyl (C=O) groups is 1. The summed E-state index contributed by atoms with van der Waals surface area (Å²) in [5.41, 5.74) is 1.10. The van der Waals surface area contributed by atoms with Gasteiger partial charge in [-0.25, -0.2) is 9.31 Å². The Bertz CT molecular complexity index is 1080. The maximum Gasteiger partial charge on any atom is 0.387 e.